The van der Waals surface area contributed by atoms with Crippen LogP contribution in [-0.2, 0) is 19.0 Å². The van der Waals surface area contributed by atoms with E-state index in [-0.39, 0.29) is 16.9 Å². The summed E-state index contributed by atoms with van der Waals surface area (Å²) in [5.41, 5.74) is 1.02. The van der Waals surface area contributed by atoms with E-state index < -0.39 is 10.1 Å². The molecule has 1 aliphatic rings. The number of hydrogen-bond acceptors (Lipinski definition) is 4. The molecular weight excluding hydrogens is 240 g/mol. The Labute approximate surface area is 102 Å². The van der Waals surface area contributed by atoms with Gasteiger partial charge in [0.2, 0.25) is 0 Å². The molecule has 0 N–H and O–H groups in total. The second-order valence-electron chi connectivity index (χ2n) is 4.42. The highest BCUT2D eigenvalue weighted by atomic mass is 32.2. The third-order valence-corrected chi connectivity index (χ3v) is 4.21. The number of rotatable bonds is 3. The first kappa shape index (κ1) is 12.5. The Hall–Kier alpha value is -0.910. The van der Waals surface area contributed by atoms with Crippen LogP contribution in [0.4, 0.5) is 0 Å². The summed E-state index contributed by atoms with van der Waals surface area (Å²) >= 11 is 0. The van der Waals surface area contributed by atoms with Gasteiger partial charge in [0.15, 0.2) is 0 Å². The van der Waals surface area contributed by atoms with Gasteiger partial charge in [-0.25, -0.2) is 0 Å². The average molecular weight is 256 g/mol. The lowest BCUT2D eigenvalue weighted by Gasteiger charge is -2.14. The number of hydrogen-bond donors (Lipinski definition) is 0. The Morgan fingerprint density at radius 1 is 1.24 bits per heavy atom. The fraction of sp³-hybridized carbons (Fsp3) is 0.500. The molecule has 1 aromatic rings. The van der Waals surface area contributed by atoms with Gasteiger partial charge >= 0.3 is 0 Å². The molecule has 0 bridgehead atoms. The van der Waals surface area contributed by atoms with Crippen LogP contribution in [0.1, 0.15) is 12.5 Å². The van der Waals surface area contributed by atoms with Crippen molar-refractivity contribution in [3.05, 3.63) is 29.8 Å². The molecule has 4 nitrogen and oxygen atoms in total. The van der Waals surface area contributed by atoms with Gasteiger partial charge in [0.05, 0.1) is 18.1 Å². The Morgan fingerprint density at radius 3 is 2.41 bits per heavy atom. The van der Waals surface area contributed by atoms with E-state index in [1.165, 1.54) is 0 Å². The van der Waals surface area contributed by atoms with Gasteiger partial charge in [0.1, 0.15) is 6.10 Å². The van der Waals surface area contributed by atoms with Crippen LogP contribution >= 0.6 is 0 Å². The summed E-state index contributed by atoms with van der Waals surface area (Å²) < 4.78 is 34.3. The molecule has 2 rings (SSSR count). The molecule has 17 heavy (non-hydrogen) atoms. The second-order valence-corrected chi connectivity index (χ2v) is 5.99. The smallest absolute Gasteiger partial charge is 0.297 e. The summed E-state index contributed by atoms with van der Waals surface area (Å²) in [5.74, 6) is 0.107. The summed E-state index contributed by atoms with van der Waals surface area (Å²) in [6.07, 6.45) is -0.374. The maximum absolute atomic E-state index is 12.0. The van der Waals surface area contributed by atoms with E-state index in [1.54, 1.807) is 24.3 Å². The average Bonchev–Trinajstić information content (AvgIpc) is 2.64. The minimum atomic E-state index is -3.67. The zero-order valence-electron chi connectivity index (χ0n) is 9.92. The maximum atomic E-state index is 12.0. The van der Waals surface area contributed by atoms with Crippen molar-refractivity contribution in [3.8, 4) is 0 Å². The number of benzene rings is 1. The first-order chi connectivity index (χ1) is 7.99. The normalized spacial score (nSPS) is 25.1. The molecule has 1 aromatic carbocycles. The highest BCUT2D eigenvalue weighted by Gasteiger charge is 2.30. The minimum absolute atomic E-state index is 0.107. The molecule has 1 fully saturated rings. The molecule has 94 valence electrons. The molecule has 5 heteroatoms. The van der Waals surface area contributed by atoms with Crippen molar-refractivity contribution in [2.45, 2.75) is 24.8 Å². The quantitative estimate of drug-likeness (QED) is 0.773. The van der Waals surface area contributed by atoms with Crippen molar-refractivity contribution in [1.29, 1.82) is 0 Å². The Kier molecular flexibility index (Phi) is 3.51. The van der Waals surface area contributed by atoms with E-state index >= 15 is 0 Å². The molecule has 0 aromatic heterocycles. The lowest BCUT2D eigenvalue weighted by Crippen LogP contribution is -2.24. The fourth-order valence-electron chi connectivity index (χ4n) is 1.69. The largest absolute Gasteiger partial charge is 0.378 e. The molecule has 0 spiro atoms. The van der Waals surface area contributed by atoms with E-state index in [0.717, 1.165) is 5.56 Å². The maximum Gasteiger partial charge on any atom is 0.297 e. The summed E-state index contributed by atoms with van der Waals surface area (Å²) in [4.78, 5) is 0.196. The molecule has 1 saturated heterocycles. The van der Waals surface area contributed by atoms with Gasteiger partial charge in [-0.2, -0.15) is 8.42 Å². The van der Waals surface area contributed by atoms with Gasteiger partial charge in [-0.3, -0.25) is 4.18 Å². The Bertz CT molecular complexity index is 478. The highest BCUT2D eigenvalue weighted by Crippen LogP contribution is 2.22. The molecule has 0 aliphatic carbocycles. The zero-order valence-corrected chi connectivity index (χ0v) is 10.7. The van der Waals surface area contributed by atoms with Crippen molar-refractivity contribution >= 4 is 10.1 Å². The van der Waals surface area contributed by atoms with Gasteiger partial charge in [-0.1, -0.05) is 24.6 Å². The standard InChI is InChI=1S/C12H16O4S/c1-9-3-5-11(6-4-9)17(13,14)16-12-8-15-7-10(12)2/h3-6,10,12H,7-8H2,1-2H3/t10-,12?/m0/s1. The molecule has 0 radical (unpaired) electrons. The van der Waals surface area contributed by atoms with Crippen molar-refractivity contribution < 1.29 is 17.3 Å². The van der Waals surface area contributed by atoms with Gasteiger partial charge in [-0.05, 0) is 19.1 Å². The molecule has 1 aliphatic heterocycles. The van der Waals surface area contributed by atoms with Crippen LogP contribution in [0.25, 0.3) is 0 Å². The van der Waals surface area contributed by atoms with Crippen LogP contribution in [0.2, 0.25) is 0 Å². The van der Waals surface area contributed by atoms with Gasteiger partial charge < -0.3 is 4.74 Å². The topological polar surface area (TPSA) is 52.6 Å². The molecule has 2 atom stereocenters. The third kappa shape index (κ3) is 2.86. The summed E-state index contributed by atoms with van der Waals surface area (Å²) in [6.45, 7) is 4.72. The predicted molar refractivity (Wildman–Crippen MR) is 63.2 cm³/mol. The van der Waals surface area contributed by atoms with E-state index in [4.69, 9.17) is 8.92 Å². The van der Waals surface area contributed by atoms with Gasteiger partial charge in [0.25, 0.3) is 10.1 Å². The Balaban J connectivity index is 2.16. The minimum Gasteiger partial charge on any atom is -0.378 e. The first-order valence-corrected chi connectivity index (χ1v) is 6.97. The van der Waals surface area contributed by atoms with Crippen molar-refractivity contribution in [2.24, 2.45) is 5.92 Å². The predicted octanol–water partition coefficient (Wildman–Crippen LogP) is 1.74. The summed E-state index contributed by atoms with van der Waals surface area (Å²) in [5, 5.41) is 0. The fourth-order valence-corrected chi connectivity index (χ4v) is 2.84. The lowest BCUT2D eigenvalue weighted by atomic mass is 10.1. The van der Waals surface area contributed by atoms with Crippen molar-refractivity contribution in [1.82, 2.24) is 0 Å². The van der Waals surface area contributed by atoms with Crippen LogP contribution in [0.5, 0.6) is 0 Å². The van der Waals surface area contributed by atoms with Crippen molar-refractivity contribution in [3.63, 3.8) is 0 Å². The van der Waals surface area contributed by atoms with Crippen LogP contribution < -0.4 is 0 Å². The zero-order chi connectivity index (χ0) is 12.5. The molecular formula is C12H16O4S. The second kappa shape index (κ2) is 4.76. The highest BCUT2D eigenvalue weighted by molar-refractivity contribution is 7.86. The molecule has 0 saturated carbocycles. The molecule has 1 heterocycles. The SMILES string of the molecule is Cc1ccc(S(=O)(=O)OC2COC[C@@H]2C)cc1. The first-order valence-electron chi connectivity index (χ1n) is 5.57. The van der Waals surface area contributed by atoms with Gasteiger partial charge in [0, 0.05) is 5.92 Å². The van der Waals surface area contributed by atoms with Crippen LogP contribution in [0.15, 0.2) is 29.2 Å². The monoisotopic (exact) mass is 256 g/mol. The van der Waals surface area contributed by atoms with E-state index in [1.807, 2.05) is 13.8 Å². The lowest BCUT2D eigenvalue weighted by molar-refractivity contribution is 0.142. The van der Waals surface area contributed by atoms with Crippen LogP contribution in [0.3, 0.4) is 0 Å². The molecule has 1 unspecified atom stereocenters. The molecule has 0 amide bonds. The Morgan fingerprint density at radius 2 is 1.88 bits per heavy atom. The summed E-state index contributed by atoms with van der Waals surface area (Å²) in [7, 11) is -3.67. The number of ether oxygens (including phenoxy) is 1. The van der Waals surface area contributed by atoms with E-state index in [2.05, 4.69) is 0 Å². The van der Waals surface area contributed by atoms with Crippen molar-refractivity contribution in [2.75, 3.05) is 13.2 Å². The van der Waals surface area contributed by atoms with Gasteiger partial charge in [-0.15, -0.1) is 0 Å². The third-order valence-electron chi connectivity index (χ3n) is 2.86. The van der Waals surface area contributed by atoms with Crippen LogP contribution in [-0.4, -0.2) is 27.7 Å². The van der Waals surface area contributed by atoms with Crippen LogP contribution in [0, 0.1) is 12.8 Å². The number of aryl methyl sites for hydroxylation is 1. The summed E-state index contributed by atoms with van der Waals surface area (Å²) in [6, 6.07) is 6.63. The van der Waals surface area contributed by atoms with E-state index in [9.17, 15) is 8.42 Å². The van der Waals surface area contributed by atoms with E-state index in [0.29, 0.717) is 13.2 Å².